The van der Waals surface area contributed by atoms with Crippen molar-refractivity contribution >= 4 is 5.78 Å². The van der Waals surface area contributed by atoms with E-state index in [1.807, 2.05) is 0 Å². The molecule has 2 rings (SSSR count). The van der Waals surface area contributed by atoms with Crippen LogP contribution in [0, 0.1) is 0 Å². The summed E-state index contributed by atoms with van der Waals surface area (Å²) < 4.78 is 15.4. The Hall–Kier alpha value is -2.69. The molecule has 2 aromatic rings. The van der Waals surface area contributed by atoms with E-state index in [0.29, 0.717) is 22.8 Å². The maximum atomic E-state index is 12.6. The molecular formula is C16H16O5. The molecule has 2 aromatic carbocycles. The number of hydrogen-bond donors (Lipinski definition) is 1. The van der Waals surface area contributed by atoms with E-state index in [9.17, 15) is 9.90 Å². The molecule has 5 nitrogen and oxygen atoms in total. The van der Waals surface area contributed by atoms with Crippen LogP contribution >= 0.6 is 0 Å². The monoisotopic (exact) mass is 288 g/mol. The Morgan fingerprint density at radius 1 is 0.857 bits per heavy atom. The Morgan fingerprint density at radius 2 is 1.48 bits per heavy atom. The van der Waals surface area contributed by atoms with Gasteiger partial charge in [-0.25, -0.2) is 0 Å². The van der Waals surface area contributed by atoms with Crippen LogP contribution in [0.2, 0.25) is 0 Å². The smallest absolute Gasteiger partial charge is 0.200 e. The van der Waals surface area contributed by atoms with Crippen LogP contribution in [-0.4, -0.2) is 32.2 Å². The SMILES string of the molecule is COc1ccc(C(=O)c2cc(OC)ccc2O)c(OC)c1. The molecule has 0 bridgehead atoms. The van der Waals surface area contributed by atoms with Gasteiger partial charge in [-0.3, -0.25) is 4.79 Å². The lowest BCUT2D eigenvalue weighted by Gasteiger charge is -2.11. The van der Waals surface area contributed by atoms with Gasteiger partial charge in [-0.15, -0.1) is 0 Å². The fourth-order valence-electron chi connectivity index (χ4n) is 1.96. The fraction of sp³-hybridized carbons (Fsp3) is 0.188. The summed E-state index contributed by atoms with van der Waals surface area (Å²) in [6.07, 6.45) is 0. The van der Waals surface area contributed by atoms with Crippen molar-refractivity contribution in [1.29, 1.82) is 0 Å². The molecular weight excluding hydrogens is 272 g/mol. The first-order valence-corrected chi connectivity index (χ1v) is 6.24. The van der Waals surface area contributed by atoms with Crippen LogP contribution in [0.15, 0.2) is 36.4 Å². The predicted molar refractivity (Wildman–Crippen MR) is 77.6 cm³/mol. The lowest BCUT2D eigenvalue weighted by atomic mass is 10.0. The van der Waals surface area contributed by atoms with E-state index in [4.69, 9.17) is 14.2 Å². The summed E-state index contributed by atoms with van der Waals surface area (Å²) in [7, 11) is 4.50. The summed E-state index contributed by atoms with van der Waals surface area (Å²) in [6.45, 7) is 0. The van der Waals surface area contributed by atoms with Gasteiger partial charge in [-0.1, -0.05) is 0 Å². The van der Waals surface area contributed by atoms with Crippen molar-refractivity contribution in [2.45, 2.75) is 0 Å². The number of hydrogen-bond acceptors (Lipinski definition) is 5. The summed E-state index contributed by atoms with van der Waals surface area (Å²) in [5, 5.41) is 9.88. The number of benzene rings is 2. The maximum Gasteiger partial charge on any atom is 0.200 e. The molecule has 0 spiro atoms. The maximum absolute atomic E-state index is 12.6. The first kappa shape index (κ1) is 14.7. The van der Waals surface area contributed by atoms with Crippen molar-refractivity contribution < 1.29 is 24.1 Å². The fourth-order valence-corrected chi connectivity index (χ4v) is 1.96. The highest BCUT2D eigenvalue weighted by Crippen LogP contribution is 2.30. The van der Waals surface area contributed by atoms with Crippen LogP contribution in [-0.2, 0) is 0 Å². The van der Waals surface area contributed by atoms with Gasteiger partial charge in [0.05, 0.1) is 32.5 Å². The van der Waals surface area contributed by atoms with Crippen LogP contribution in [0.4, 0.5) is 0 Å². The molecule has 0 aliphatic carbocycles. The predicted octanol–water partition coefficient (Wildman–Crippen LogP) is 2.65. The highest BCUT2D eigenvalue weighted by Gasteiger charge is 2.19. The van der Waals surface area contributed by atoms with E-state index in [-0.39, 0.29) is 17.1 Å². The number of aromatic hydroxyl groups is 1. The molecule has 0 amide bonds. The van der Waals surface area contributed by atoms with Crippen LogP contribution in [0.25, 0.3) is 0 Å². The summed E-state index contributed by atoms with van der Waals surface area (Å²) >= 11 is 0. The average molecular weight is 288 g/mol. The second kappa shape index (κ2) is 6.17. The molecule has 0 unspecified atom stereocenters. The van der Waals surface area contributed by atoms with E-state index in [1.54, 1.807) is 24.3 Å². The van der Waals surface area contributed by atoms with Gasteiger partial charge in [0, 0.05) is 6.07 Å². The largest absolute Gasteiger partial charge is 0.507 e. The van der Waals surface area contributed by atoms with Crippen molar-refractivity contribution in [3.05, 3.63) is 47.5 Å². The molecule has 0 saturated carbocycles. The molecule has 1 N–H and O–H groups in total. The summed E-state index contributed by atoms with van der Waals surface area (Å²) in [4.78, 5) is 12.6. The van der Waals surface area contributed by atoms with Crippen molar-refractivity contribution in [3.8, 4) is 23.0 Å². The number of phenolic OH excluding ortho intramolecular Hbond substituents is 1. The van der Waals surface area contributed by atoms with Crippen molar-refractivity contribution in [1.82, 2.24) is 0 Å². The lowest BCUT2D eigenvalue weighted by molar-refractivity contribution is 0.103. The van der Waals surface area contributed by atoms with Gasteiger partial charge < -0.3 is 19.3 Å². The number of carbonyl (C=O) groups is 1. The Balaban J connectivity index is 2.49. The lowest BCUT2D eigenvalue weighted by Crippen LogP contribution is -2.05. The standard InChI is InChI=1S/C16H16O5/c1-19-10-5-7-14(17)13(8-10)16(18)12-6-4-11(20-2)9-15(12)21-3/h4-9,17H,1-3H3. The van der Waals surface area contributed by atoms with E-state index >= 15 is 0 Å². The van der Waals surface area contributed by atoms with Gasteiger partial charge >= 0.3 is 0 Å². The Morgan fingerprint density at radius 3 is 2.10 bits per heavy atom. The molecule has 0 aliphatic rings. The Bertz CT molecular complexity index is 664. The molecule has 110 valence electrons. The van der Waals surface area contributed by atoms with Crippen LogP contribution in [0.5, 0.6) is 23.0 Å². The second-order valence-electron chi connectivity index (χ2n) is 4.28. The van der Waals surface area contributed by atoms with Gasteiger partial charge in [-0.05, 0) is 30.3 Å². The molecule has 0 heterocycles. The van der Waals surface area contributed by atoms with Crippen LogP contribution in [0.3, 0.4) is 0 Å². The number of ketones is 1. The molecule has 5 heteroatoms. The number of rotatable bonds is 5. The van der Waals surface area contributed by atoms with Crippen LogP contribution < -0.4 is 14.2 Å². The zero-order valence-electron chi connectivity index (χ0n) is 12.0. The van der Waals surface area contributed by atoms with Crippen molar-refractivity contribution in [3.63, 3.8) is 0 Å². The van der Waals surface area contributed by atoms with Gasteiger partial charge in [0.15, 0.2) is 0 Å². The highest BCUT2D eigenvalue weighted by molar-refractivity contribution is 6.12. The number of methoxy groups -OCH3 is 3. The minimum Gasteiger partial charge on any atom is -0.507 e. The molecule has 0 fully saturated rings. The summed E-state index contributed by atoms with van der Waals surface area (Å²) in [5.41, 5.74) is 0.486. The first-order chi connectivity index (χ1) is 10.1. The first-order valence-electron chi connectivity index (χ1n) is 6.24. The molecule has 0 saturated heterocycles. The normalized spacial score (nSPS) is 10.0. The second-order valence-corrected chi connectivity index (χ2v) is 4.28. The van der Waals surface area contributed by atoms with Gasteiger partial charge in [0.2, 0.25) is 5.78 Å². The zero-order valence-corrected chi connectivity index (χ0v) is 12.0. The van der Waals surface area contributed by atoms with E-state index in [0.717, 1.165) is 0 Å². The van der Waals surface area contributed by atoms with Gasteiger partial charge in [0.25, 0.3) is 0 Å². The third-order valence-corrected chi connectivity index (χ3v) is 3.10. The average Bonchev–Trinajstić information content (AvgIpc) is 2.54. The van der Waals surface area contributed by atoms with E-state index < -0.39 is 0 Å². The third kappa shape index (κ3) is 2.91. The van der Waals surface area contributed by atoms with Gasteiger partial charge in [0.1, 0.15) is 23.0 Å². The molecule has 0 radical (unpaired) electrons. The topological polar surface area (TPSA) is 65.0 Å². The van der Waals surface area contributed by atoms with Crippen LogP contribution in [0.1, 0.15) is 15.9 Å². The minimum atomic E-state index is -0.356. The minimum absolute atomic E-state index is 0.112. The molecule has 0 aliphatic heterocycles. The zero-order chi connectivity index (χ0) is 15.4. The van der Waals surface area contributed by atoms with Crippen molar-refractivity contribution in [2.75, 3.05) is 21.3 Å². The summed E-state index contributed by atoms with van der Waals surface area (Å²) in [5.74, 6) is 0.980. The number of carbonyl (C=O) groups excluding carboxylic acids is 1. The highest BCUT2D eigenvalue weighted by atomic mass is 16.5. The van der Waals surface area contributed by atoms with Crippen molar-refractivity contribution in [2.24, 2.45) is 0 Å². The summed E-state index contributed by atoms with van der Waals surface area (Å²) in [6, 6.07) is 9.36. The molecule has 0 aromatic heterocycles. The van der Waals surface area contributed by atoms with E-state index in [1.165, 1.54) is 33.5 Å². The van der Waals surface area contributed by atoms with E-state index in [2.05, 4.69) is 0 Å². The Labute approximate surface area is 122 Å². The van der Waals surface area contributed by atoms with Gasteiger partial charge in [-0.2, -0.15) is 0 Å². The molecule has 21 heavy (non-hydrogen) atoms. The third-order valence-electron chi connectivity index (χ3n) is 3.10. The quantitative estimate of drug-likeness (QED) is 0.857. The number of phenols is 1. The molecule has 0 atom stereocenters. The number of ether oxygens (including phenoxy) is 3. The Kier molecular flexibility index (Phi) is 4.33.